The molecule has 0 saturated carbocycles. The van der Waals surface area contributed by atoms with Crippen LogP contribution in [-0.4, -0.2) is 46.0 Å². The maximum Gasteiger partial charge on any atom is 0.232 e. The third-order valence-electron chi connectivity index (χ3n) is 4.64. The second-order valence-electron chi connectivity index (χ2n) is 6.66. The summed E-state index contributed by atoms with van der Waals surface area (Å²) in [6, 6.07) is 23.6. The van der Waals surface area contributed by atoms with E-state index in [1.165, 1.54) is 0 Å². The monoisotopic (exact) mass is 415 g/mol. The van der Waals surface area contributed by atoms with Crippen LogP contribution < -0.4 is 9.47 Å². The topological polar surface area (TPSA) is 86.5 Å². The fourth-order valence-electron chi connectivity index (χ4n) is 3.08. The summed E-state index contributed by atoms with van der Waals surface area (Å²) >= 11 is 0. The summed E-state index contributed by atoms with van der Waals surface area (Å²) in [7, 11) is 1.60. The van der Waals surface area contributed by atoms with Crippen molar-refractivity contribution in [2.24, 2.45) is 0 Å². The van der Waals surface area contributed by atoms with Crippen molar-refractivity contribution >= 4 is 5.78 Å². The fraction of sp³-hybridized carbons (Fsp3) is 0.125. The summed E-state index contributed by atoms with van der Waals surface area (Å²) in [5.41, 5.74) is 2.04. The number of carbonyl (C=O) groups excluding carboxylic acids is 1. The average molecular weight is 415 g/mol. The molecule has 1 aromatic heterocycles. The van der Waals surface area contributed by atoms with Gasteiger partial charge in [-0.1, -0.05) is 30.3 Å². The van der Waals surface area contributed by atoms with E-state index in [-0.39, 0.29) is 24.8 Å². The molecule has 0 aliphatic carbocycles. The Labute approximate surface area is 179 Å². The van der Waals surface area contributed by atoms with E-state index in [0.717, 1.165) is 17.0 Å². The molecule has 4 aromatic rings. The zero-order valence-corrected chi connectivity index (χ0v) is 16.9. The van der Waals surface area contributed by atoms with E-state index in [1.54, 1.807) is 48.2 Å². The Kier molecular flexibility index (Phi) is 6.05. The van der Waals surface area contributed by atoms with E-state index >= 15 is 0 Å². The number of aromatic nitrogens is 3. The first kappa shape index (κ1) is 20.3. The van der Waals surface area contributed by atoms with Crippen LogP contribution in [0.3, 0.4) is 0 Å². The average Bonchev–Trinajstić information content (AvgIpc) is 3.28. The van der Waals surface area contributed by atoms with Gasteiger partial charge in [-0.3, -0.25) is 4.79 Å². The molecule has 0 saturated heterocycles. The third kappa shape index (κ3) is 4.46. The Hall–Kier alpha value is -3.97. The van der Waals surface area contributed by atoms with Crippen LogP contribution in [0.4, 0.5) is 0 Å². The van der Waals surface area contributed by atoms with Gasteiger partial charge in [-0.05, 0) is 48.5 Å². The van der Waals surface area contributed by atoms with Gasteiger partial charge in [-0.15, -0.1) is 5.10 Å². The minimum absolute atomic E-state index is 0.0570. The van der Waals surface area contributed by atoms with Crippen molar-refractivity contribution in [2.75, 3.05) is 20.3 Å². The van der Waals surface area contributed by atoms with Gasteiger partial charge in [0.05, 0.1) is 19.4 Å². The lowest BCUT2D eigenvalue weighted by atomic mass is 10.1. The van der Waals surface area contributed by atoms with Gasteiger partial charge in [0.2, 0.25) is 11.6 Å². The number of aliphatic hydroxyl groups excluding tert-OH is 1. The minimum atomic E-state index is -0.253. The van der Waals surface area contributed by atoms with Crippen LogP contribution >= 0.6 is 0 Å². The smallest absolute Gasteiger partial charge is 0.232 e. The van der Waals surface area contributed by atoms with Gasteiger partial charge >= 0.3 is 0 Å². The third-order valence-corrected chi connectivity index (χ3v) is 4.64. The first-order valence-electron chi connectivity index (χ1n) is 9.75. The summed E-state index contributed by atoms with van der Waals surface area (Å²) < 4.78 is 12.3. The minimum Gasteiger partial charge on any atom is -0.497 e. The number of carbonyl (C=O) groups is 1. The number of hydrogen-bond donors (Lipinski definition) is 1. The van der Waals surface area contributed by atoms with E-state index in [0.29, 0.717) is 17.1 Å². The van der Waals surface area contributed by atoms with E-state index in [1.807, 2.05) is 42.5 Å². The first-order chi connectivity index (χ1) is 15.2. The molecule has 0 bridgehead atoms. The van der Waals surface area contributed by atoms with E-state index in [4.69, 9.17) is 14.6 Å². The maximum atomic E-state index is 12.9. The molecule has 0 aliphatic heterocycles. The molecule has 156 valence electrons. The van der Waals surface area contributed by atoms with Gasteiger partial charge in [0.1, 0.15) is 18.1 Å². The quantitative estimate of drug-likeness (QED) is 0.443. The summed E-state index contributed by atoms with van der Waals surface area (Å²) in [4.78, 5) is 17.5. The number of methoxy groups -OCH3 is 1. The predicted molar refractivity (Wildman–Crippen MR) is 116 cm³/mol. The van der Waals surface area contributed by atoms with Crippen molar-refractivity contribution in [1.29, 1.82) is 0 Å². The lowest BCUT2D eigenvalue weighted by Gasteiger charge is -2.08. The standard InChI is InChI=1S/C24H21N3O4/c1-30-20-13-9-19(10-14-20)27-24(18-7-11-21(12-8-18)31-16-15-28)25-23(26-27)22(29)17-5-3-2-4-6-17/h2-14,28H,15-16H2,1H3. The lowest BCUT2D eigenvalue weighted by Crippen LogP contribution is -2.05. The molecular weight excluding hydrogens is 394 g/mol. The molecular formula is C24H21N3O4. The van der Waals surface area contributed by atoms with Crippen LogP contribution in [0, 0.1) is 0 Å². The van der Waals surface area contributed by atoms with Crippen LogP contribution in [-0.2, 0) is 0 Å². The Morgan fingerprint density at radius 3 is 2.26 bits per heavy atom. The molecule has 7 nitrogen and oxygen atoms in total. The fourth-order valence-corrected chi connectivity index (χ4v) is 3.08. The van der Waals surface area contributed by atoms with Gasteiger partial charge in [-0.25, -0.2) is 9.67 Å². The highest BCUT2D eigenvalue weighted by molar-refractivity contribution is 6.06. The van der Waals surface area contributed by atoms with E-state index in [2.05, 4.69) is 10.1 Å². The molecule has 4 rings (SSSR count). The largest absolute Gasteiger partial charge is 0.497 e. The summed E-state index contributed by atoms with van der Waals surface area (Å²) in [5.74, 6) is 1.73. The number of ether oxygens (including phenoxy) is 2. The molecule has 3 aromatic carbocycles. The molecule has 0 amide bonds. The van der Waals surface area contributed by atoms with Crippen LogP contribution in [0.25, 0.3) is 17.1 Å². The zero-order chi connectivity index (χ0) is 21.6. The normalized spacial score (nSPS) is 10.6. The molecule has 0 unspecified atom stereocenters. The molecule has 31 heavy (non-hydrogen) atoms. The first-order valence-corrected chi connectivity index (χ1v) is 9.75. The highest BCUT2D eigenvalue weighted by atomic mass is 16.5. The van der Waals surface area contributed by atoms with Crippen molar-refractivity contribution in [1.82, 2.24) is 14.8 Å². The van der Waals surface area contributed by atoms with E-state index in [9.17, 15) is 4.79 Å². The number of hydrogen-bond acceptors (Lipinski definition) is 6. The van der Waals surface area contributed by atoms with Crippen molar-refractivity contribution < 1.29 is 19.4 Å². The van der Waals surface area contributed by atoms with Crippen molar-refractivity contribution in [3.63, 3.8) is 0 Å². The summed E-state index contributed by atoms with van der Waals surface area (Å²) in [6.07, 6.45) is 0. The Bertz CT molecular complexity index is 1150. The van der Waals surface area contributed by atoms with Gasteiger partial charge in [-0.2, -0.15) is 0 Å². The maximum absolute atomic E-state index is 12.9. The Balaban J connectivity index is 1.76. The Morgan fingerprint density at radius 2 is 1.61 bits per heavy atom. The zero-order valence-electron chi connectivity index (χ0n) is 16.9. The molecule has 0 atom stereocenters. The number of ketones is 1. The van der Waals surface area contributed by atoms with Crippen LogP contribution in [0.1, 0.15) is 16.2 Å². The van der Waals surface area contributed by atoms with Crippen LogP contribution in [0.15, 0.2) is 78.9 Å². The number of aliphatic hydroxyl groups is 1. The molecule has 0 aliphatic rings. The molecule has 7 heteroatoms. The number of benzene rings is 3. The van der Waals surface area contributed by atoms with Gasteiger partial charge < -0.3 is 14.6 Å². The van der Waals surface area contributed by atoms with Gasteiger partial charge in [0.25, 0.3) is 0 Å². The van der Waals surface area contributed by atoms with Crippen LogP contribution in [0.5, 0.6) is 11.5 Å². The number of nitrogens with zero attached hydrogens (tertiary/aromatic N) is 3. The number of rotatable bonds is 8. The van der Waals surface area contributed by atoms with E-state index < -0.39 is 0 Å². The second-order valence-corrected chi connectivity index (χ2v) is 6.66. The molecule has 0 spiro atoms. The van der Waals surface area contributed by atoms with Crippen molar-refractivity contribution in [3.05, 3.63) is 90.3 Å². The summed E-state index contributed by atoms with van der Waals surface area (Å²) in [5, 5.41) is 13.4. The van der Waals surface area contributed by atoms with Gasteiger partial charge in [0.15, 0.2) is 5.82 Å². The second kappa shape index (κ2) is 9.23. The van der Waals surface area contributed by atoms with Crippen molar-refractivity contribution in [2.45, 2.75) is 0 Å². The molecule has 0 radical (unpaired) electrons. The lowest BCUT2D eigenvalue weighted by molar-refractivity contribution is 0.102. The van der Waals surface area contributed by atoms with Gasteiger partial charge in [0, 0.05) is 11.1 Å². The molecule has 1 N–H and O–H groups in total. The highest BCUT2D eigenvalue weighted by Crippen LogP contribution is 2.25. The predicted octanol–water partition coefficient (Wildman–Crippen LogP) is 3.55. The molecule has 1 heterocycles. The van der Waals surface area contributed by atoms with Crippen LogP contribution in [0.2, 0.25) is 0 Å². The SMILES string of the molecule is COc1ccc(-n2nc(C(=O)c3ccccc3)nc2-c2ccc(OCCO)cc2)cc1. The Morgan fingerprint density at radius 1 is 0.935 bits per heavy atom. The molecule has 0 fully saturated rings. The van der Waals surface area contributed by atoms with Crippen molar-refractivity contribution in [3.8, 4) is 28.6 Å². The highest BCUT2D eigenvalue weighted by Gasteiger charge is 2.20. The summed E-state index contributed by atoms with van der Waals surface area (Å²) in [6.45, 7) is 0.162.